The first-order valence-corrected chi connectivity index (χ1v) is 8.13. The molecule has 0 saturated heterocycles. The van der Waals surface area contributed by atoms with Gasteiger partial charge in [-0.2, -0.15) is 0 Å². The first-order valence-electron chi connectivity index (χ1n) is 8.13. The summed E-state index contributed by atoms with van der Waals surface area (Å²) in [5.74, 6) is -0.376. The monoisotopic (exact) mass is 337 g/mol. The molecule has 0 aliphatic carbocycles. The standard InChI is InChI=1S/C18H27NO5/c1-6-8-11-18(3,24-7-2)17(21)19-13-9-10-15(22-4)14(12-13)16(20)23-5/h9-10,12H,6-8,11H2,1-5H3,(H,19,21)/t18-/m0/s1. The first-order chi connectivity index (χ1) is 11.4. The maximum atomic E-state index is 12.7. The molecule has 0 aliphatic heterocycles. The zero-order chi connectivity index (χ0) is 18.2. The lowest BCUT2D eigenvalue weighted by molar-refractivity contribution is -0.139. The van der Waals surface area contributed by atoms with Crippen molar-refractivity contribution in [2.75, 3.05) is 26.1 Å². The van der Waals surface area contributed by atoms with Gasteiger partial charge in [0.25, 0.3) is 5.91 Å². The summed E-state index contributed by atoms with van der Waals surface area (Å²) in [4.78, 5) is 24.5. The lowest BCUT2D eigenvalue weighted by Gasteiger charge is -2.28. The molecule has 1 amide bonds. The van der Waals surface area contributed by atoms with Crippen molar-refractivity contribution in [1.82, 2.24) is 0 Å². The smallest absolute Gasteiger partial charge is 0.341 e. The number of hydrogen-bond donors (Lipinski definition) is 1. The topological polar surface area (TPSA) is 73.9 Å². The predicted octanol–water partition coefficient (Wildman–Crippen LogP) is 3.41. The third-order valence-electron chi connectivity index (χ3n) is 3.81. The minimum atomic E-state index is -0.907. The lowest BCUT2D eigenvalue weighted by Crippen LogP contribution is -2.42. The van der Waals surface area contributed by atoms with Crippen molar-refractivity contribution in [2.24, 2.45) is 0 Å². The van der Waals surface area contributed by atoms with Gasteiger partial charge in [0.1, 0.15) is 16.9 Å². The molecule has 0 unspecified atom stereocenters. The molecule has 134 valence electrons. The van der Waals surface area contributed by atoms with E-state index in [1.54, 1.807) is 19.1 Å². The van der Waals surface area contributed by atoms with Crippen molar-refractivity contribution in [3.63, 3.8) is 0 Å². The number of rotatable bonds is 9. The second-order valence-corrected chi connectivity index (χ2v) is 5.63. The van der Waals surface area contributed by atoms with Crippen molar-refractivity contribution in [3.05, 3.63) is 23.8 Å². The molecule has 6 nitrogen and oxygen atoms in total. The molecule has 24 heavy (non-hydrogen) atoms. The summed E-state index contributed by atoms with van der Waals surface area (Å²) < 4.78 is 15.6. The molecule has 1 rings (SSSR count). The van der Waals surface area contributed by atoms with E-state index in [0.717, 1.165) is 12.8 Å². The van der Waals surface area contributed by atoms with E-state index in [9.17, 15) is 9.59 Å². The van der Waals surface area contributed by atoms with Crippen molar-refractivity contribution in [2.45, 2.75) is 45.6 Å². The second-order valence-electron chi connectivity index (χ2n) is 5.63. The van der Waals surface area contributed by atoms with Gasteiger partial charge in [0.05, 0.1) is 14.2 Å². The van der Waals surface area contributed by atoms with E-state index in [1.807, 2.05) is 6.92 Å². The van der Waals surface area contributed by atoms with Crippen LogP contribution >= 0.6 is 0 Å². The summed E-state index contributed by atoms with van der Waals surface area (Å²) in [7, 11) is 2.76. The fraction of sp³-hybridized carbons (Fsp3) is 0.556. The highest BCUT2D eigenvalue weighted by Gasteiger charge is 2.33. The fourth-order valence-corrected chi connectivity index (χ4v) is 2.40. The average molecular weight is 337 g/mol. The number of amides is 1. The van der Waals surface area contributed by atoms with Gasteiger partial charge in [-0.05, 0) is 38.5 Å². The molecule has 0 aromatic heterocycles. The minimum Gasteiger partial charge on any atom is -0.496 e. The number of methoxy groups -OCH3 is 2. The van der Waals surface area contributed by atoms with E-state index < -0.39 is 11.6 Å². The Hall–Kier alpha value is -2.08. The van der Waals surface area contributed by atoms with E-state index >= 15 is 0 Å². The predicted molar refractivity (Wildman–Crippen MR) is 92.5 cm³/mol. The Morgan fingerprint density at radius 1 is 1.21 bits per heavy atom. The van der Waals surface area contributed by atoms with Gasteiger partial charge < -0.3 is 19.5 Å². The van der Waals surface area contributed by atoms with Gasteiger partial charge in [0, 0.05) is 12.3 Å². The molecule has 0 fully saturated rings. The molecule has 0 radical (unpaired) electrons. The summed E-state index contributed by atoms with van der Waals surface area (Å²) in [6, 6.07) is 4.83. The zero-order valence-corrected chi connectivity index (χ0v) is 15.1. The number of hydrogen-bond acceptors (Lipinski definition) is 5. The Bertz CT molecular complexity index is 573. The summed E-state index contributed by atoms with van der Waals surface area (Å²) in [6.07, 6.45) is 2.49. The molecule has 0 heterocycles. The van der Waals surface area contributed by atoms with Gasteiger partial charge in [-0.3, -0.25) is 4.79 Å². The van der Waals surface area contributed by atoms with Gasteiger partial charge in [0.2, 0.25) is 0 Å². The first kappa shape index (κ1) is 20.0. The number of anilines is 1. The Morgan fingerprint density at radius 2 is 1.92 bits per heavy atom. The molecule has 6 heteroatoms. The molecule has 1 aromatic carbocycles. The molecule has 0 saturated carbocycles. The highest BCUT2D eigenvalue weighted by atomic mass is 16.5. The quantitative estimate of drug-likeness (QED) is 0.699. The second kappa shape index (κ2) is 9.27. The van der Waals surface area contributed by atoms with E-state index in [1.165, 1.54) is 20.3 Å². The summed E-state index contributed by atoms with van der Waals surface area (Å²) >= 11 is 0. The van der Waals surface area contributed by atoms with Crippen LogP contribution in [0.1, 0.15) is 50.4 Å². The highest BCUT2D eigenvalue weighted by molar-refractivity contribution is 5.99. The number of carbonyl (C=O) groups is 2. The van der Waals surface area contributed by atoms with Crippen molar-refractivity contribution < 1.29 is 23.8 Å². The third kappa shape index (κ3) is 4.96. The molecule has 0 aliphatic rings. The molecule has 0 bridgehead atoms. The Balaban J connectivity index is 3.01. The van der Waals surface area contributed by atoms with E-state index in [4.69, 9.17) is 14.2 Å². The van der Waals surface area contributed by atoms with Crippen LogP contribution in [-0.4, -0.2) is 38.3 Å². The Labute approximate surface area is 143 Å². The van der Waals surface area contributed by atoms with Crippen molar-refractivity contribution >= 4 is 17.6 Å². The van der Waals surface area contributed by atoms with Crippen molar-refractivity contribution in [1.29, 1.82) is 0 Å². The molecular formula is C18H27NO5. The van der Waals surface area contributed by atoms with Crippen molar-refractivity contribution in [3.8, 4) is 5.75 Å². The van der Waals surface area contributed by atoms with Crippen LogP contribution in [0, 0.1) is 0 Å². The maximum Gasteiger partial charge on any atom is 0.341 e. The number of esters is 1. The summed E-state index contributed by atoms with van der Waals surface area (Å²) in [5, 5.41) is 2.82. The normalized spacial score (nSPS) is 13.0. The molecule has 1 aromatic rings. The summed E-state index contributed by atoms with van der Waals surface area (Å²) in [6.45, 7) is 6.16. The van der Waals surface area contributed by atoms with E-state index in [0.29, 0.717) is 24.5 Å². The average Bonchev–Trinajstić information content (AvgIpc) is 2.59. The number of nitrogens with one attached hydrogen (secondary N) is 1. The van der Waals surface area contributed by atoms with Crippen LogP contribution < -0.4 is 10.1 Å². The molecular weight excluding hydrogens is 310 g/mol. The van der Waals surface area contributed by atoms with Crippen LogP contribution in [0.5, 0.6) is 5.75 Å². The van der Waals surface area contributed by atoms with Gasteiger partial charge in [-0.15, -0.1) is 0 Å². The number of benzene rings is 1. The van der Waals surface area contributed by atoms with Crippen LogP contribution in [-0.2, 0) is 14.3 Å². The Morgan fingerprint density at radius 3 is 2.46 bits per heavy atom. The van der Waals surface area contributed by atoms with E-state index in [-0.39, 0.29) is 11.5 Å². The lowest BCUT2D eigenvalue weighted by atomic mass is 9.97. The largest absolute Gasteiger partial charge is 0.496 e. The number of unbranched alkanes of at least 4 members (excludes halogenated alkanes) is 1. The van der Waals surface area contributed by atoms with Gasteiger partial charge in [0.15, 0.2) is 0 Å². The molecule has 1 atom stereocenters. The van der Waals surface area contributed by atoms with Gasteiger partial charge in [-0.1, -0.05) is 19.8 Å². The van der Waals surface area contributed by atoms with Crippen LogP contribution in [0.2, 0.25) is 0 Å². The van der Waals surface area contributed by atoms with Crippen LogP contribution in [0.4, 0.5) is 5.69 Å². The summed E-state index contributed by atoms with van der Waals surface area (Å²) in [5.41, 5.74) is -0.163. The van der Waals surface area contributed by atoms with Gasteiger partial charge >= 0.3 is 5.97 Å². The number of ether oxygens (including phenoxy) is 3. The minimum absolute atomic E-state index is 0.237. The number of carbonyl (C=O) groups excluding carboxylic acids is 2. The zero-order valence-electron chi connectivity index (χ0n) is 15.1. The molecule has 1 N–H and O–H groups in total. The fourth-order valence-electron chi connectivity index (χ4n) is 2.40. The Kier molecular flexibility index (Phi) is 7.71. The highest BCUT2D eigenvalue weighted by Crippen LogP contribution is 2.26. The maximum absolute atomic E-state index is 12.7. The van der Waals surface area contributed by atoms with Crippen LogP contribution in [0.15, 0.2) is 18.2 Å². The van der Waals surface area contributed by atoms with Crippen LogP contribution in [0.3, 0.4) is 0 Å². The third-order valence-corrected chi connectivity index (χ3v) is 3.81. The van der Waals surface area contributed by atoms with Gasteiger partial charge in [-0.25, -0.2) is 4.79 Å². The van der Waals surface area contributed by atoms with E-state index in [2.05, 4.69) is 12.2 Å². The molecule has 0 spiro atoms. The van der Waals surface area contributed by atoms with Crippen LogP contribution in [0.25, 0.3) is 0 Å². The SMILES string of the molecule is CCCC[C@](C)(OCC)C(=O)Nc1ccc(OC)c(C(=O)OC)c1.